The first-order valence-corrected chi connectivity index (χ1v) is 7.96. The number of hydrogen-bond acceptors (Lipinski definition) is 2. The molecule has 0 saturated heterocycles. The fraction of sp³-hybridized carbons (Fsp3) is 0.467. The fourth-order valence-corrected chi connectivity index (χ4v) is 3.48. The summed E-state index contributed by atoms with van der Waals surface area (Å²) in [4.78, 5) is 25.7. The van der Waals surface area contributed by atoms with Crippen molar-refractivity contribution in [3.63, 3.8) is 0 Å². The maximum atomic E-state index is 12.8. The largest absolute Gasteiger partial charge is 0.352 e. The highest BCUT2D eigenvalue weighted by molar-refractivity contribution is 6.42. The summed E-state index contributed by atoms with van der Waals surface area (Å²) in [6.07, 6.45) is 1.98. The van der Waals surface area contributed by atoms with Gasteiger partial charge in [-0.05, 0) is 49.4 Å². The highest BCUT2D eigenvalue weighted by Gasteiger charge is 2.53. The molecule has 0 spiro atoms. The summed E-state index contributed by atoms with van der Waals surface area (Å²) in [6, 6.07) is 2.92. The third kappa shape index (κ3) is 2.52. The summed E-state index contributed by atoms with van der Waals surface area (Å²) in [5.74, 6) is -0.0736. The van der Waals surface area contributed by atoms with Crippen LogP contribution in [0.3, 0.4) is 0 Å². The first-order chi connectivity index (χ1) is 10.3. The van der Waals surface area contributed by atoms with Crippen molar-refractivity contribution in [1.82, 2.24) is 10.2 Å². The number of rotatable bonds is 2. The number of nitrogens with one attached hydrogen (secondary N) is 1. The average molecular weight is 342 g/mol. The van der Waals surface area contributed by atoms with Crippen molar-refractivity contribution >= 4 is 35.1 Å². The highest BCUT2D eigenvalue weighted by Crippen LogP contribution is 2.41. The van der Waals surface area contributed by atoms with Crippen LogP contribution in [0, 0.1) is 0 Å². The zero-order valence-corrected chi connectivity index (χ0v) is 13.7. The van der Waals surface area contributed by atoms with Crippen molar-refractivity contribution < 1.29 is 9.59 Å². The van der Waals surface area contributed by atoms with Gasteiger partial charge in [-0.25, -0.2) is 4.79 Å². The van der Waals surface area contributed by atoms with E-state index in [1.54, 1.807) is 4.90 Å². The number of primary amides is 1. The molecule has 1 atom stereocenters. The Labute approximate surface area is 138 Å². The predicted molar refractivity (Wildman–Crippen MR) is 85.0 cm³/mol. The van der Waals surface area contributed by atoms with Gasteiger partial charge in [0.15, 0.2) is 0 Å². The van der Waals surface area contributed by atoms with Gasteiger partial charge < -0.3 is 16.0 Å². The van der Waals surface area contributed by atoms with Gasteiger partial charge in [-0.3, -0.25) is 4.79 Å². The first kappa shape index (κ1) is 15.4. The standard InChI is InChI=1S/C15H17Cl2N3O2/c1-8-10-7-12(17)11(16)6-9(10)2-5-20(8)13(21)15(3-4-15)19-14(18)22/h6-8H,2-5H2,1H3,(H3,18,19,22). The van der Waals surface area contributed by atoms with Gasteiger partial charge in [-0.15, -0.1) is 0 Å². The normalized spacial score (nSPS) is 22.0. The summed E-state index contributed by atoms with van der Waals surface area (Å²) >= 11 is 12.2. The molecule has 1 aromatic rings. The summed E-state index contributed by atoms with van der Waals surface area (Å²) in [5, 5.41) is 3.61. The summed E-state index contributed by atoms with van der Waals surface area (Å²) in [6.45, 7) is 2.55. The number of nitrogens with two attached hydrogens (primary N) is 1. The van der Waals surface area contributed by atoms with Gasteiger partial charge >= 0.3 is 6.03 Å². The molecular formula is C15H17Cl2N3O2. The molecule has 5 nitrogen and oxygen atoms in total. The number of benzene rings is 1. The number of amides is 3. The molecule has 0 radical (unpaired) electrons. The molecule has 3 N–H and O–H groups in total. The second-order valence-corrected chi connectivity index (χ2v) is 6.78. The van der Waals surface area contributed by atoms with E-state index in [0.717, 1.165) is 17.5 Å². The van der Waals surface area contributed by atoms with Crippen molar-refractivity contribution in [2.24, 2.45) is 5.73 Å². The second kappa shape index (κ2) is 5.32. The number of fused-ring (bicyclic) bond motifs is 1. The molecule has 1 heterocycles. The van der Waals surface area contributed by atoms with Crippen LogP contribution in [0.1, 0.15) is 36.9 Å². The predicted octanol–water partition coefficient (Wildman–Crippen LogP) is 2.64. The van der Waals surface area contributed by atoms with Crippen LogP contribution in [0.2, 0.25) is 10.0 Å². The molecule has 3 amide bonds. The SMILES string of the molecule is CC1c2cc(Cl)c(Cl)cc2CCN1C(=O)C1(NC(N)=O)CC1. The van der Waals surface area contributed by atoms with Crippen LogP contribution in [0.4, 0.5) is 4.79 Å². The molecular weight excluding hydrogens is 325 g/mol. The Morgan fingerprint density at radius 1 is 1.32 bits per heavy atom. The van der Waals surface area contributed by atoms with E-state index in [1.165, 1.54) is 0 Å². The number of carbonyl (C=O) groups excluding carboxylic acids is 2. The van der Waals surface area contributed by atoms with E-state index in [9.17, 15) is 9.59 Å². The molecule has 1 fully saturated rings. The van der Waals surface area contributed by atoms with Gasteiger partial charge in [0, 0.05) is 6.54 Å². The van der Waals surface area contributed by atoms with E-state index in [1.807, 2.05) is 19.1 Å². The highest BCUT2D eigenvalue weighted by atomic mass is 35.5. The van der Waals surface area contributed by atoms with E-state index in [-0.39, 0.29) is 11.9 Å². The Bertz CT molecular complexity index is 658. The van der Waals surface area contributed by atoms with Crippen LogP contribution in [0.25, 0.3) is 0 Å². The van der Waals surface area contributed by atoms with Crippen LogP contribution in [-0.4, -0.2) is 28.9 Å². The van der Waals surface area contributed by atoms with E-state index in [4.69, 9.17) is 28.9 Å². The molecule has 118 valence electrons. The van der Waals surface area contributed by atoms with Gasteiger partial charge in [0.25, 0.3) is 0 Å². The fourth-order valence-electron chi connectivity index (χ4n) is 3.12. The maximum Gasteiger partial charge on any atom is 0.313 e. The van der Waals surface area contributed by atoms with Gasteiger partial charge in [0.05, 0.1) is 16.1 Å². The molecule has 1 unspecified atom stereocenters. The van der Waals surface area contributed by atoms with Crippen LogP contribution in [0.15, 0.2) is 12.1 Å². The van der Waals surface area contributed by atoms with Gasteiger partial charge in [0.1, 0.15) is 5.54 Å². The van der Waals surface area contributed by atoms with Crippen LogP contribution in [-0.2, 0) is 11.2 Å². The molecule has 2 aliphatic rings. The molecule has 0 bridgehead atoms. The molecule has 1 saturated carbocycles. The molecule has 22 heavy (non-hydrogen) atoms. The lowest BCUT2D eigenvalue weighted by atomic mass is 9.92. The Balaban J connectivity index is 1.87. The molecule has 3 rings (SSSR count). The van der Waals surface area contributed by atoms with Crippen molar-refractivity contribution in [1.29, 1.82) is 0 Å². The van der Waals surface area contributed by atoms with Crippen LogP contribution in [0.5, 0.6) is 0 Å². The van der Waals surface area contributed by atoms with Gasteiger partial charge in [-0.2, -0.15) is 0 Å². The number of urea groups is 1. The lowest BCUT2D eigenvalue weighted by Crippen LogP contribution is -2.54. The van der Waals surface area contributed by atoms with Crippen LogP contribution >= 0.6 is 23.2 Å². The lowest BCUT2D eigenvalue weighted by Gasteiger charge is -2.37. The number of hydrogen-bond donors (Lipinski definition) is 2. The summed E-state index contributed by atoms with van der Waals surface area (Å²) in [7, 11) is 0. The second-order valence-electron chi connectivity index (χ2n) is 5.96. The minimum Gasteiger partial charge on any atom is -0.352 e. The minimum atomic E-state index is -0.812. The van der Waals surface area contributed by atoms with E-state index < -0.39 is 11.6 Å². The quantitative estimate of drug-likeness (QED) is 0.867. The van der Waals surface area contributed by atoms with E-state index >= 15 is 0 Å². The van der Waals surface area contributed by atoms with Crippen molar-refractivity contribution in [3.8, 4) is 0 Å². The molecule has 1 aliphatic carbocycles. The Kier molecular flexibility index (Phi) is 3.73. The van der Waals surface area contributed by atoms with Crippen molar-refractivity contribution in [2.45, 2.75) is 37.8 Å². The third-order valence-corrected chi connectivity index (χ3v) is 5.23. The zero-order valence-electron chi connectivity index (χ0n) is 12.2. The third-order valence-electron chi connectivity index (χ3n) is 4.50. The summed E-state index contributed by atoms with van der Waals surface area (Å²) < 4.78 is 0. The van der Waals surface area contributed by atoms with Crippen LogP contribution < -0.4 is 11.1 Å². The number of carbonyl (C=O) groups is 2. The molecule has 1 aliphatic heterocycles. The van der Waals surface area contributed by atoms with Gasteiger partial charge in [-0.1, -0.05) is 23.2 Å². The maximum absolute atomic E-state index is 12.8. The Morgan fingerprint density at radius 2 is 1.95 bits per heavy atom. The molecule has 7 heteroatoms. The van der Waals surface area contributed by atoms with Crippen molar-refractivity contribution in [3.05, 3.63) is 33.3 Å². The first-order valence-electron chi connectivity index (χ1n) is 7.20. The zero-order chi connectivity index (χ0) is 16.1. The topological polar surface area (TPSA) is 75.4 Å². The molecule has 1 aromatic carbocycles. The van der Waals surface area contributed by atoms with E-state index in [0.29, 0.717) is 29.4 Å². The monoisotopic (exact) mass is 341 g/mol. The Hall–Kier alpha value is -1.46. The summed E-state index contributed by atoms with van der Waals surface area (Å²) in [5.41, 5.74) is 6.48. The minimum absolute atomic E-state index is 0.0736. The van der Waals surface area contributed by atoms with E-state index in [2.05, 4.69) is 5.32 Å². The smallest absolute Gasteiger partial charge is 0.313 e. The Morgan fingerprint density at radius 3 is 2.55 bits per heavy atom. The van der Waals surface area contributed by atoms with Crippen molar-refractivity contribution in [2.75, 3.05) is 6.54 Å². The average Bonchev–Trinajstić information content (AvgIpc) is 3.21. The lowest BCUT2D eigenvalue weighted by molar-refractivity contribution is -0.136. The number of halogens is 2. The number of nitrogens with zero attached hydrogens (tertiary/aromatic N) is 1. The molecule has 0 aromatic heterocycles. The van der Waals surface area contributed by atoms with Gasteiger partial charge in [0.2, 0.25) is 5.91 Å².